The zero-order valence-electron chi connectivity index (χ0n) is 6.37. The van der Waals surface area contributed by atoms with E-state index in [4.69, 9.17) is 5.73 Å². The van der Waals surface area contributed by atoms with E-state index in [0.29, 0.717) is 0 Å². The van der Waals surface area contributed by atoms with Crippen molar-refractivity contribution in [3.63, 3.8) is 0 Å². The van der Waals surface area contributed by atoms with Crippen molar-refractivity contribution >= 4 is 27.3 Å². The molecule has 0 amide bonds. The third-order valence-electron chi connectivity index (χ3n) is 1.50. The van der Waals surface area contributed by atoms with E-state index in [1.807, 2.05) is 0 Å². The number of halogens is 1. The van der Waals surface area contributed by atoms with Gasteiger partial charge >= 0.3 is 0 Å². The maximum absolute atomic E-state index is 10.4. The summed E-state index contributed by atoms with van der Waals surface area (Å²) in [5.74, 6) is 0. The third-order valence-corrected chi connectivity index (χ3v) is 2.36. The summed E-state index contributed by atoms with van der Waals surface area (Å²) in [5, 5.41) is 10.4. The van der Waals surface area contributed by atoms with Crippen molar-refractivity contribution in [2.24, 2.45) is 0 Å². The van der Waals surface area contributed by atoms with Gasteiger partial charge in [0.1, 0.15) is 5.69 Å². The van der Waals surface area contributed by atoms with Crippen molar-refractivity contribution < 1.29 is 4.92 Å². The van der Waals surface area contributed by atoms with Crippen LogP contribution in [0.5, 0.6) is 0 Å². The summed E-state index contributed by atoms with van der Waals surface area (Å²) < 4.78 is 0.783. The fraction of sp³-hybridized carbons (Fsp3) is 0.143. The molecule has 0 bridgehead atoms. The number of nitro benzene ring substituents is 1. The highest BCUT2D eigenvalue weighted by Crippen LogP contribution is 2.28. The molecule has 0 aromatic heterocycles. The lowest BCUT2D eigenvalue weighted by Crippen LogP contribution is -1.96. The van der Waals surface area contributed by atoms with Crippen molar-refractivity contribution in [3.8, 4) is 0 Å². The van der Waals surface area contributed by atoms with Crippen LogP contribution < -0.4 is 5.73 Å². The normalized spacial score (nSPS) is 9.83. The highest BCUT2D eigenvalue weighted by molar-refractivity contribution is 9.10. The Bertz CT molecular complexity index is 338. The van der Waals surface area contributed by atoms with Gasteiger partial charge in [-0.3, -0.25) is 10.1 Å². The fourth-order valence-corrected chi connectivity index (χ4v) is 1.20. The zero-order valence-corrected chi connectivity index (χ0v) is 7.96. The first kappa shape index (κ1) is 8.99. The molecule has 0 spiro atoms. The highest BCUT2D eigenvalue weighted by Gasteiger charge is 2.12. The molecular weight excluding hydrogens is 224 g/mol. The lowest BCUT2D eigenvalue weighted by molar-refractivity contribution is -0.383. The summed E-state index contributed by atoms with van der Waals surface area (Å²) in [6.45, 7) is 1.77. The minimum Gasteiger partial charge on any atom is -0.393 e. The van der Waals surface area contributed by atoms with Crippen LogP contribution in [0.3, 0.4) is 0 Å². The molecule has 12 heavy (non-hydrogen) atoms. The van der Waals surface area contributed by atoms with E-state index in [2.05, 4.69) is 15.9 Å². The molecule has 0 radical (unpaired) electrons. The number of nitrogen functional groups attached to an aromatic ring is 1. The van der Waals surface area contributed by atoms with Crippen LogP contribution in [-0.4, -0.2) is 4.92 Å². The van der Waals surface area contributed by atoms with Crippen molar-refractivity contribution in [2.45, 2.75) is 6.92 Å². The molecule has 4 nitrogen and oxygen atoms in total. The molecule has 5 heteroatoms. The van der Waals surface area contributed by atoms with E-state index in [-0.39, 0.29) is 11.4 Å². The lowest BCUT2D eigenvalue weighted by Gasteiger charge is -2.00. The van der Waals surface area contributed by atoms with Gasteiger partial charge in [-0.15, -0.1) is 0 Å². The number of nitrogens with two attached hydrogens (primary N) is 1. The largest absolute Gasteiger partial charge is 0.393 e. The Morgan fingerprint density at radius 2 is 2.17 bits per heavy atom. The van der Waals surface area contributed by atoms with E-state index >= 15 is 0 Å². The minimum atomic E-state index is -0.491. The molecule has 0 aliphatic carbocycles. The Balaban J connectivity index is 3.33. The van der Waals surface area contributed by atoms with E-state index in [9.17, 15) is 10.1 Å². The molecule has 0 atom stereocenters. The topological polar surface area (TPSA) is 69.2 Å². The molecule has 0 aliphatic heterocycles. The molecule has 2 N–H and O–H groups in total. The predicted octanol–water partition coefficient (Wildman–Crippen LogP) is 2.25. The van der Waals surface area contributed by atoms with Gasteiger partial charge in [0.25, 0.3) is 5.69 Å². The Hall–Kier alpha value is -1.10. The molecular formula is C7H7BrN2O2. The van der Waals surface area contributed by atoms with E-state index in [1.54, 1.807) is 6.92 Å². The first-order chi connectivity index (χ1) is 5.52. The Morgan fingerprint density at radius 1 is 1.58 bits per heavy atom. The molecule has 0 unspecified atom stereocenters. The number of anilines is 1. The van der Waals surface area contributed by atoms with Crippen LogP contribution in [0, 0.1) is 17.0 Å². The first-order valence-electron chi connectivity index (χ1n) is 3.22. The molecule has 64 valence electrons. The second-order valence-electron chi connectivity index (χ2n) is 2.42. The zero-order chi connectivity index (χ0) is 9.30. The number of nitro groups is 1. The van der Waals surface area contributed by atoms with E-state index < -0.39 is 4.92 Å². The highest BCUT2D eigenvalue weighted by atomic mass is 79.9. The van der Waals surface area contributed by atoms with Gasteiger partial charge < -0.3 is 5.73 Å². The lowest BCUT2D eigenvalue weighted by atomic mass is 10.2. The average molecular weight is 231 g/mol. The first-order valence-corrected chi connectivity index (χ1v) is 4.01. The maximum atomic E-state index is 10.4. The summed E-state index contributed by atoms with van der Waals surface area (Å²) in [6.07, 6.45) is 0. The Morgan fingerprint density at radius 3 is 2.67 bits per heavy atom. The van der Waals surface area contributed by atoms with Crippen LogP contribution in [-0.2, 0) is 0 Å². The number of hydrogen-bond donors (Lipinski definition) is 1. The summed E-state index contributed by atoms with van der Waals surface area (Å²) >= 11 is 3.23. The van der Waals surface area contributed by atoms with Gasteiger partial charge in [0.05, 0.1) is 4.92 Å². The minimum absolute atomic E-state index is 0.0456. The second kappa shape index (κ2) is 3.10. The molecule has 0 heterocycles. The quantitative estimate of drug-likeness (QED) is 0.457. The van der Waals surface area contributed by atoms with Gasteiger partial charge in [0, 0.05) is 10.5 Å². The van der Waals surface area contributed by atoms with Crippen molar-refractivity contribution in [1.29, 1.82) is 0 Å². The average Bonchev–Trinajstić information content (AvgIpc) is 1.96. The molecule has 1 aromatic rings. The number of benzene rings is 1. The van der Waals surface area contributed by atoms with Crippen LogP contribution in [0.4, 0.5) is 11.4 Å². The molecule has 0 saturated heterocycles. The van der Waals surface area contributed by atoms with Gasteiger partial charge in [0.15, 0.2) is 0 Å². The Labute approximate surface area is 77.7 Å². The van der Waals surface area contributed by atoms with Crippen LogP contribution in [0.2, 0.25) is 0 Å². The predicted molar refractivity (Wildman–Crippen MR) is 49.9 cm³/mol. The number of rotatable bonds is 1. The van der Waals surface area contributed by atoms with Crippen molar-refractivity contribution in [2.75, 3.05) is 5.73 Å². The molecule has 0 saturated carbocycles. The molecule has 1 aromatic carbocycles. The van der Waals surface area contributed by atoms with Gasteiger partial charge in [-0.2, -0.15) is 0 Å². The maximum Gasteiger partial charge on any atom is 0.292 e. The smallest absolute Gasteiger partial charge is 0.292 e. The summed E-state index contributed by atoms with van der Waals surface area (Å²) in [4.78, 5) is 9.90. The monoisotopic (exact) mass is 230 g/mol. The second-order valence-corrected chi connectivity index (χ2v) is 3.27. The van der Waals surface area contributed by atoms with Crippen LogP contribution in [0.15, 0.2) is 16.6 Å². The molecule has 0 aliphatic rings. The summed E-state index contributed by atoms with van der Waals surface area (Å²) in [7, 11) is 0. The molecule has 1 rings (SSSR count). The standard InChI is InChI=1S/C7H7BrN2O2/c1-4-2-7(10(11)12)6(9)3-5(4)8/h2-3H,9H2,1H3. The van der Waals surface area contributed by atoms with Crippen molar-refractivity contribution in [1.82, 2.24) is 0 Å². The van der Waals surface area contributed by atoms with Gasteiger partial charge in [-0.05, 0) is 18.6 Å². The van der Waals surface area contributed by atoms with Gasteiger partial charge in [0.2, 0.25) is 0 Å². The van der Waals surface area contributed by atoms with Gasteiger partial charge in [-0.25, -0.2) is 0 Å². The number of aryl methyl sites for hydroxylation is 1. The third kappa shape index (κ3) is 1.55. The SMILES string of the molecule is Cc1cc([N+](=O)[O-])c(N)cc1Br. The van der Waals surface area contributed by atoms with Gasteiger partial charge in [-0.1, -0.05) is 15.9 Å². The summed E-state index contributed by atoms with van der Waals surface area (Å²) in [6, 6.07) is 2.98. The van der Waals surface area contributed by atoms with Crippen molar-refractivity contribution in [3.05, 3.63) is 32.3 Å². The number of hydrogen-bond acceptors (Lipinski definition) is 3. The number of nitrogens with zero attached hydrogens (tertiary/aromatic N) is 1. The molecule has 0 fully saturated rings. The van der Waals surface area contributed by atoms with E-state index in [1.165, 1.54) is 12.1 Å². The van der Waals surface area contributed by atoms with Crippen LogP contribution in [0.25, 0.3) is 0 Å². The Kier molecular flexibility index (Phi) is 2.32. The fourth-order valence-electron chi connectivity index (χ4n) is 0.840. The summed E-state index contributed by atoms with van der Waals surface area (Å²) in [5.41, 5.74) is 6.35. The van der Waals surface area contributed by atoms with Crippen LogP contribution >= 0.6 is 15.9 Å². The van der Waals surface area contributed by atoms with E-state index in [0.717, 1.165) is 10.0 Å². The van der Waals surface area contributed by atoms with Crippen LogP contribution in [0.1, 0.15) is 5.56 Å².